The van der Waals surface area contributed by atoms with Crippen molar-refractivity contribution >= 4 is 5.91 Å². The van der Waals surface area contributed by atoms with Crippen LogP contribution in [-0.2, 0) is 0 Å². The monoisotopic (exact) mass is 263 g/mol. The Balaban J connectivity index is 2.05. The Morgan fingerprint density at radius 2 is 2.42 bits per heavy atom. The van der Waals surface area contributed by atoms with Crippen LogP contribution in [0.4, 0.5) is 0 Å². The van der Waals surface area contributed by atoms with E-state index in [2.05, 4.69) is 16.8 Å². The van der Waals surface area contributed by atoms with E-state index in [1.807, 2.05) is 11.9 Å². The maximum atomic E-state index is 12.4. The fourth-order valence-corrected chi connectivity index (χ4v) is 2.78. The van der Waals surface area contributed by atoms with Gasteiger partial charge in [0, 0.05) is 37.6 Å². The predicted octanol–water partition coefficient (Wildman–Crippen LogP) is 0.609. The highest BCUT2D eigenvalue weighted by atomic mass is 16.3. The number of likely N-dealkylation sites (tertiary alicyclic amines) is 1. The van der Waals surface area contributed by atoms with Gasteiger partial charge in [-0.2, -0.15) is 0 Å². The summed E-state index contributed by atoms with van der Waals surface area (Å²) < 4.78 is 0. The lowest BCUT2D eigenvalue weighted by Crippen LogP contribution is -2.44. The molecular formula is C14H21N3O2. The molecule has 1 aliphatic rings. The molecule has 0 spiro atoms. The van der Waals surface area contributed by atoms with Crippen LogP contribution in [0.5, 0.6) is 0 Å². The van der Waals surface area contributed by atoms with Gasteiger partial charge in [0.25, 0.3) is 5.91 Å². The standard InChI is InChI=1S/C14H21N3O2/c1-11-13(16(2)8-9-18)5-7-17(11)14(19)12-4-3-6-15-10-12/h3-4,6,10-11,13,18H,5,7-9H2,1-2H3/t11-,13-/m1/s1. The molecule has 2 heterocycles. The second kappa shape index (κ2) is 6.12. The largest absolute Gasteiger partial charge is 0.395 e. The summed E-state index contributed by atoms with van der Waals surface area (Å²) in [4.78, 5) is 20.4. The predicted molar refractivity (Wildman–Crippen MR) is 72.9 cm³/mol. The zero-order valence-corrected chi connectivity index (χ0v) is 11.5. The smallest absolute Gasteiger partial charge is 0.255 e. The number of pyridine rings is 1. The van der Waals surface area contributed by atoms with Crippen molar-refractivity contribution in [3.05, 3.63) is 30.1 Å². The topological polar surface area (TPSA) is 56.7 Å². The number of carbonyl (C=O) groups excluding carboxylic acids is 1. The number of rotatable bonds is 4. The van der Waals surface area contributed by atoms with Crippen LogP contribution in [0.3, 0.4) is 0 Å². The summed E-state index contributed by atoms with van der Waals surface area (Å²) in [7, 11) is 2.00. The van der Waals surface area contributed by atoms with Gasteiger partial charge in [0.2, 0.25) is 0 Å². The van der Waals surface area contributed by atoms with E-state index in [-0.39, 0.29) is 18.6 Å². The van der Waals surface area contributed by atoms with Gasteiger partial charge in [-0.1, -0.05) is 0 Å². The zero-order chi connectivity index (χ0) is 13.8. The molecule has 1 fully saturated rings. The Labute approximate surface area is 113 Å². The highest BCUT2D eigenvalue weighted by Gasteiger charge is 2.36. The van der Waals surface area contributed by atoms with Crippen molar-refractivity contribution in [1.29, 1.82) is 0 Å². The Morgan fingerprint density at radius 3 is 3.05 bits per heavy atom. The zero-order valence-electron chi connectivity index (χ0n) is 11.5. The van der Waals surface area contributed by atoms with E-state index < -0.39 is 0 Å². The molecule has 5 nitrogen and oxygen atoms in total. The van der Waals surface area contributed by atoms with Crippen molar-refractivity contribution in [2.45, 2.75) is 25.4 Å². The van der Waals surface area contributed by atoms with Crippen molar-refractivity contribution in [3.8, 4) is 0 Å². The van der Waals surface area contributed by atoms with Gasteiger partial charge in [-0.25, -0.2) is 0 Å². The number of hydrogen-bond donors (Lipinski definition) is 1. The summed E-state index contributed by atoms with van der Waals surface area (Å²) in [5.74, 6) is 0.0421. The van der Waals surface area contributed by atoms with E-state index in [0.717, 1.165) is 13.0 Å². The molecule has 1 aromatic heterocycles. The first-order valence-corrected chi connectivity index (χ1v) is 6.67. The number of aliphatic hydroxyl groups excluding tert-OH is 1. The Bertz CT molecular complexity index is 424. The van der Waals surface area contributed by atoms with Gasteiger partial charge in [-0.05, 0) is 32.5 Å². The SMILES string of the molecule is C[C@@H]1[C@H](N(C)CCO)CCN1C(=O)c1cccnc1. The first-order chi connectivity index (χ1) is 9.15. The number of likely N-dealkylation sites (N-methyl/N-ethyl adjacent to an activating group) is 1. The molecule has 2 atom stereocenters. The molecule has 104 valence electrons. The summed E-state index contributed by atoms with van der Waals surface area (Å²) in [6.07, 6.45) is 4.23. The molecule has 0 bridgehead atoms. The van der Waals surface area contributed by atoms with Gasteiger partial charge in [-0.15, -0.1) is 0 Å². The highest BCUT2D eigenvalue weighted by Crippen LogP contribution is 2.23. The fraction of sp³-hybridized carbons (Fsp3) is 0.571. The van der Waals surface area contributed by atoms with E-state index in [0.29, 0.717) is 18.2 Å². The Kier molecular flexibility index (Phi) is 4.50. The number of aromatic nitrogens is 1. The minimum absolute atomic E-state index is 0.0421. The minimum atomic E-state index is 0.0421. The molecule has 1 aromatic rings. The van der Waals surface area contributed by atoms with Crippen LogP contribution >= 0.6 is 0 Å². The molecule has 1 amide bonds. The normalized spacial score (nSPS) is 23.1. The number of aliphatic hydroxyl groups is 1. The molecule has 0 aromatic carbocycles. The quantitative estimate of drug-likeness (QED) is 0.864. The van der Waals surface area contributed by atoms with Crippen molar-refractivity contribution < 1.29 is 9.90 Å². The molecule has 1 aliphatic heterocycles. The molecule has 0 aliphatic carbocycles. The summed E-state index contributed by atoms with van der Waals surface area (Å²) >= 11 is 0. The number of amides is 1. The van der Waals surface area contributed by atoms with E-state index in [4.69, 9.17) is 5.11 Å². The third-order valence-corrected chi connectivity index (χ3v) is 3.90. The second-order valence-corrected chi connectivity index (χ2v) is 5.04. The fourth-order valence-electron chi connectivity index (χ4n) is 2.78. The lowest BCUT2D eigenvalue weighted by atomic mass is 10.1. The second-order valence-electron chi connectivity index (χ2n) is 5.04. The highest BCUT2D eigenvalue weighted by molar-refractivity contribution is 5.94. The van der Waals surface area contributed by atoms with Gasteiger partial charge in [-0.3, -0.25) is 14.7 Å². The van der Waals surface area contributed by atoms with Crippen molar-refractivity contribution in [1.82, 2.24) is 14.8 Å². The van der Waals surface area contributed by atoms with Gasteiger partial charge >= 0.3 is 0 Å². The molecule has 1 N–H and O–H groups in total. The van der Waals surface area contributed by atoms with Gasteiger partial charge < -0.3 is 10.0 Å². The average Bonchev–Trinajstić information content (AvgIpc) is 2.81. The molecule has 19 heavy (non-hydrogen) atoms. The van der Waals surface area contributed by atoms with Gasteiger partial charge in [0.15, 0.2) is 0 Å². The van der Waals surface area contributed by atoms with Crippen LogP contribution < -0.4 is 0 Å². The van der Waals surface area contributed by atoms with Crippen LogP contribution in [0.2, 0.25) is 0 Å². The Hall–Kier alpha value is -1.46. The first-order valence-electron chi connectivity index (χ1n) is 6.67. The van der Waals surface area contributed by atoms with Crippen molar-refractivity contribution in [3.63, 3.8) is 0 Å². The molecule has 2 rings (SSSR count). The molecule has 1 saturated heterocycles. The lowest BCUT2D eigenvalue weighted by Gasteiger charge is -2.30. The third kappa shape index (κ3) is 2.93. The number of carbonyl (C=O) groups is 1. The maximum absolute atomic E-state index is 12.4. The van der Waals surface area contributed by atoms with Crippen molar-refractivity contribution in [2.75, 3.05) is 26.7 Å². The van der Waals surface area contributed by atoms with Crippen LogP contribution in [0, 0.1) is 0 Å². The van der Waals surface area contributed by atoms with E-state index >= 15 is 0 Å². The van der Waals surface area contributed by atoms with Gasteiger partial charge in [0.05, 0.1) is 12.2 Å². The first kappa shape index (κ1) is 14.0. The molecule has 0 unspecified atom stereocenters. The molecular weight excluding hydrogens is 242 g/mol. The van der Waals surface area contributed by atoms with Crippen LogP contribution in [-0.4, -0.2) is 64.6 Å². The minimum Gasteiger partial charge on any atom is -0.395 e. The summed E-state index contributed by atoms with van der Waals surface area (Å²) in [5, 5.41) is 9.01. The van der Waals surface area contributed by atoms with Crippen molar-refractivity contribution in [2.24, 2.45) is 0 Å². The van der Waals surface area contributed by atoms with Gasteiger partial charge in [0.1, 0.15) is 0 Å². The summed E-state index contributed by atoms with van der Waals surface area (Å²) in [5.41, 5.74) is 0.639. The van der Waals surface area contributed by atoms with Crippen LogP contribution in [0.1, 0.15) is 23.7 Å². The molecule has 0 saturated carbocycles. The van der Waals surface area contributed by atoms with Crippen LogP contribution in [0.15, 0.2) is 24.5 Å². The van der Waals surface area contributed by atoms with E-state index in [9.17, 15) is 4.79 Å². The van der Waals surface area contributed by atoms with E-state index in [1.54, 1.807) is 24.5 Å². The van der Waals surface area contributed by atoms with Crippen LogP contribution in [0.25, 0.3) is 0 Å². The number of nitrogens with zero attached hydrogens (tertiary/aromatic N) is 3. The number of hydrogen-bond acceptors (Lipinski definition) is 4. The lowest BCUT2D eigenvalue weighted by molar-refractivity contribution is 0.0706. The Morgan fingerprint density at radius 1 is 1.63 bits per heavy atom. The maximum Gasteiger partial charge on any atom is 0.255 e. The summed E-state index contributed by atoms with van der Waals surface area (Å²) in [6.45, 7) is 3.62. The summed E-state index contributed by atoms with van der Waals surface area (Å²) in [6, 6.07) is 4.05. The molecule has 5 heteroatoms. The molecule has 0 radical (unpaired) electrons. The average molecular weight is 263 g/mol. The third-order valence-electron chi connectivity index (χ3n) is 3.90. The van der Waals surface area contributed by atoms with E-state index in [1.165, 1.54) is 0 Å².